The molecule has 1 N–H and O–H groups in total. The summed E-state index contributed by atoms with van der Waals surface area (Å²) >= 11 is 7.21. The number of amides is 1. The van der Waals surface area contributed by atoms with E-state index in [2.05, 4.69) is 18.8 Å². The molecule has 4 rings (SSSR count). The molecule has 7 heteroatoms. The van der Waals surface area contributed by atoms with Crippen molar-refractivity contribution in [2.45, 2.75) is 25.8 Å². The molecular weight excluding hydrogens is 420 g/mol. The van der Waals surface area contributed by atoms with Gasteiger partial charge < -0.3 is 5.11 Å². The summed E-state index contributed by atoms with van der Waals surface area (Å²) in [5.74, 6) is -1.34. The Balaban J connectivity index is 1.90. The first-order chi connectivity index (χ1) is 14.4. The van der Waals surface area contributed by atoms with Crippen LogP contribution in [-0.2, 0) is 9.59 Å². The summed E-state index contributed by atoms with van der Waals surface area (Å²) in [7, 11) is 0. The van der Waals surface area contributed by atoms with Crippen molar-refractivity contribution in [3.8, 4) is 0 Å². The Morgan fingerprint density at radius 3 is 2.33 bits per heavy atom. The fourth-order valence-corrected chi connectivity index (χ4v) is 4.30. The molecule has 5 nitrogen and oxygen atoms in total. The number of benzene rings is 2. The van der Waals surface area contributed by atoms with Gasteiger partial charge in [0.2, 0.25) is 0 Å². The number of aliphatic hydroxyl groups excluding tert-OH is 1. The van der Waals surface area contributed by atoms with Crippen LogP contribution < -0.4 is 4.90 Å². The molecule has 152 valence electrons. The van der Waals surface area contributed by atoms with E-state index in [9.17, 15) is 14.7 Å². The lowest BCUT2D eigenvalue weighted by Gasteiger charge is -2.23. The average Bonchev–Trinajstić information content (AvgIpc) is 3.35. The summed E-state index contributed by atoms with van der Waals surface area (Å²) < 4.78 is 0. The van der Waals surface area contributed by atoms with Crippen molar-refractivity contribution in [2.75, 3.05) is 4.90 Å². The minimum atomic E-state index is -0.770. The lowest BCUT2D eigenvalue weighted by molar-refractivity contribution is -0.132. The van der Waals surface area contributed by atoms with Gasteiger partial charge in [-0.3, -0.25) is 14.5 Å². The molecule has 0 saturated carbocycles. The van der Waals surface area contributed by atoms with Gasteiger partial charge in [0.05, 0.1) is 11.6 Å². The first-order valence-corrected chi connectivity index (χ1v) is 10.7. The highest BCUT2D eigenvalue weighted by atomic mass is 35.5. The van der Waals surface area contributed by atoms with E-state index in [4.69, 9.17) is 11.6 Å². The lowest BCUT2D eigenvalue weighted by Crippen LogP contribution is -2.29. The second kappa shape index (κ2) is 8.05. The van der Waals surface area contributed by atoms with Gasteiger partial charge in [-0.05, 0) is 41.3 Å². The minimum absolute atomic E-state index is 0.0369. The Morgan fingerprint density at radius 2 is 1.77 bits per heavy atom. The van der Waals surface area contributed by atoms with Gasteiger partial charge in [-0.2, -0.15) is 0 Å². The Labute approximate surface area is 183 Å². The maximum Gasteiger partial charge on any atom is 0.301 e. The molecule has 0 unspecified atom stereocenters. The molecule has 0 bridgehead atoms. The Hall–Kier alpha value is -2.96. The molecule has 1 saturated heterocycles. The van der Waals surface area contributed by atoms with Crippen LogP contribution >= 0.6 is 22.9 Å². The van der Waals surface area contributed by atoms with Crippen LogP contribution in [0.4, 0.5) is 5.13 Å². The molecule has 1 atom stereocenters. The second-order valence-electron chi connectivity index (χ2n) is 7.31. The van der Waals surface area contributed by atoms with E-state index in [1.807, 2.05) is 24.3 Å². The zero-order valence-corrected chi connectivity index (χ0v) is 17.9. The van der Waals surface area contributed by atoms with E-state index < -0.39 is 17.7 Å². The normalized spacial score (nSPS) is 18.4. The molecule has 0 spiro atoms. The summed E-state index contributed by atoms with van der Waals surface area (Å²) in [6.45, 7) is 4.19. The van der Waals surface area contributed by atoms with Crippen molar-refractivity contribution in [3.63, 3.8) is 0 Å². The van der Waals surface area contributed by atoms with Gasteiger partial charge in [-0.25, -0.2) is 4.98 Å². The fraction of sp³-hybridized carbons (Fsp3) is 0.174. The van der Waals surface area contributed by atoms with Gasteiger partial charge in [-0.1, -0.05) is 49.7 Å². The number of ketones is 1. The zero-order chi connectivity index (χ0) is 21.4. The number of carbonyl (C=O) groups excluding carboxylic acids is 2. The number of aromatic nitrogens is 1. The van der Waals surface area contributed by atoms with Gasteiger partial charge in [0.15, 0.2) is 5.13 Å². The highest BCUT2D eigenvalue weighted by molar-refractivity contribution is 7.14. The van der Waals surface area contributed by atoms with E-state index in [0.29, 0.717) is 21.6 Å². The van der Waals surface area contributed by atoms with Gasteiger partial charge in [0, 0.05) is 22.2 Å². The van der Waals surface area contributed by atoms with Crippen LogP contribution in [0.1, 0.15) is 42.5 Å². The van der Waals surface area contributed by atoms with Crippen LogP contribution in [0.2, 0.25) is 5.02 Å². The predicted molar refractivity (Wildman–Crippen MR) is 119 cm³/mol. The summed E-state index contributed by atoms with van der Waals surface area (Å²) in [6.07, 6.45) is 1.58. The average molecular weight is 439 g/mol. The van der Waals surface area contributed by atoms with Crippen molar-refractivity contribution >= 4 is 45.5 Å². The number of nitrogens with zero attached hydrogens (tertiary/aromatic N) is 2. The van der Waals surface area contributed by atoms with Crippen LogP contribution in [0, 0.1) is 0 Å². The molecule has 30 heavy (non-hydrogen) atoms. The van der Waals surface area contributed by atoms with Crippen molar-refractivity contribution in [3.05, 3.63) is 87.4 Å². The van der Waals surface area contributed by atoms with E-state index >= 15 is 0 Å². The number of aliphatic hydroxyl groups is 1. The van der Waals surface area contributed by atoms with E-state index in [1.165, 1.54) is 16.2 Å². The van der Waals surface area contributed by atoms with Gasteiger partial charge >= 0.3 is 5.91 Å². The molecule has 0 aliphatic carbocycles. The van der Waals surface area contributed by atoms with Crippen LogP contribution in [0.15, 0.2) is 65.7 Å². The maximum absolute atomic E-state index is 13.0. The third-order valence-corrected chi connectivity index (χ3v) is 6.13. The first-order valence-electron chi connectivity index (χ1n) is 9.44. The molecular formula is C23H19ClN2O3S. The Kier molecular flexibility index (Phi) is 5.45. The zero-order valence-electron chi connectivity index (χ0n) is 16.4. The highest BCUT2D eigenvalue weighted by Gasteiger charge is 2.47. The number of hydrogen-bond donors (Lipinski definition) is 1. The maximum atomic E-state index is 13.0. The third kappa shape index (κ3) is 3.53. The van der Waals surface area contributed by atoms with Gasteiger partial charge in [0.1, 0.15) is 5.76 Å². The number of thiazole rings is 1. The quantitative estimate of drug-likeness (QED) is 0.329. The molecule has 1 fully saturated rings. The van der Waals surface area contributed by atoms with Crippen molar-refractivity contribution in [1.29, 1.82) is 0 Å². The van der Waals surface area contributed by atoms with E-state index in [0.717, 1.165) is 11.1 Å². The molecule has 2 heterocycles. The minimum Gasteiger partial charge on any atom is -0.507 e. The topological polar surface area (TPSA) is 70.5 Å². The van der Waals surface area contributed by atoms with Gasteiger partial charge in [-0.15, -0.1) is 11.3 Å². The number of Topliss-reactive ketones (excluding diaryl/α,β-unsaturated/α-hetero) is 1. The number of anilines is 1. The van der Waals surface area contributed by atoms with Crippen LogP contribution in [0.5, 0.6) is 0 Å². The standard InChI is InChI=1S/C23H19ClN2O3S/c1-13(2)14-3-5-15(6-4-14)19-18(20(27)16-7-9-17(24)10-8-16)21(28)22(29)26(19)23-25-11-12-30-23/h3-13,19,27H,1-2H3/t19-/m1/s1. The monoisotopic (exact) mass is 438 g/mol. The lowest BCUT2D eigenvalue weighted by atomic mass is 9.93. The summed E-state index contributed by atoms with van der Waals surface area (Å²) in [5, 5.41) is 13.7. The fourth-order valence-electron chi connectivity index (χ4n) is 3.51. The Bertz CT molecular complexity index is 1120. The molecule has 1 aromatic heterocycles. The molecule has 1 aliphatic rings. The van der Waals surface area contributed by atoms with Gasteiger partial charge in [0.25, 0.3) is 5.78 Å². The van der Waals surface area contributed by atoms with Crippen molar-refractivity contribution < 1.29 is 14.7 Å². The molecule has 2 aromatic carbocycles. The smallest absolute Gasteiger partial charge is 0.301 e. The van der Waals surface area contributed by atoms with E-state index in [-0.39, 0.29) is 11.3 Å². The molecule has 0 radical (unpaired) electrons. The largest absolute Gasteiger partial charge is 0.507 e. The SMILES string of the molecule is CC(C)c1ccc([C@@H]2C(=C(O)c3ccc(Cl)cc3)C(=O)C(=O)N2c2nccs2)cc1. The summed E-state index contributed by atoms with van der Waals surface area (Å²) in [5.41, 5.74) is 2.32. The molecule has 3 aromatic rings. The first kappa shape index (κ1) is 20.3. The van der Waals surface area contributed by atoms with Crippen LogP contribution in [0.25, 0.3) is 5.76 Å². The van der Waals surface area contributed by atoms with E-state index in [1.54, 1.807) is 35.8 Å². The molecule has 1 aliphatic heterocycles. The number of carbonyl (C=O) groups is 2. The van der Waals surface area contributed by atoms with Crippen molar-refractivity contribution in [1.82, 2.24) is 4.98 Å². The summed E-state index contributed by atoms with van der Waals surface area (Å²) in [4.78, 5) is 31.5. The number of rotatable bonds is 4. The van der Waals surface area contributed by atoms with Crippen LogP contribution in [-0.4, -0.2) is 21.8 Å². The number of hydrogen-bond acceptors (Lipinski definition) is 5. The van der Waals surface area contributed by atoms with Crippen molar-refractivity contribution in [2.24, 2.45) is 0 Å². The predicted octanol–water partition coefficient (Wildman–Crippen LogP) is 5.55. The Morgan fingerprint density at radius 1 is 1.10 bits per heavy atom. The summed E-state index contributed by atoms with van der Waals surface area (Å²) in [6, 6.07) is 13.5. The molecule has 1 amide bonds. The second-order valence-corrected chi connectivity index (χ2v) is 8.62. The third-order valence-electron chi connectivity index (χ3n) is 5.11. The number of halogens is 1. The highest BCUT2D eigenvalue weighted by Crippen LogP contribution is 2.42. The van der Waals surface area contributed by atoms with Crippen LogP contribution in [0.3, 0.4) is 0 Å².